The van der Waals surface area contributed by atoms with Gasteiger partial charge in [0, 0.05) is 5.56 Å². The van der Waals surface area contributed by atoms with Crippen LogP contribution >= 0.6 is 0 Å². The van der Waals surface area contributed by atoms with Gasteiger partial charge in [0.2, 0.25) is 5.95 Å². The molecule has 0 saturated carbocycles. The van der Waals surface area contributed by atoms with Crippen LogP contribution in [-0.4, -0.2) is 14.9 Å². The van der Waals surface area contributed by atoms with Gasteiger partial charge in [-0.2, -0.15) is 0 Å². The van der Waals surface area contributed by atoms with E-state index in [2.05, 4.69) is 10.2 Å². The fourth-order valence-electron chi connectivity index (χ4n) is 1.31. The van der Waals surface area contributed by atoms with Crippen molar-refractivity contribution in [1.29, 1.82) is 0 Å². The van der Waals surface area contributed by atoms with E-state index in [-0.39, 0.29) is 5.95 Å². The zero-order valence-corrected chi connectivity index (χ0v) is 7.81. The lowest BCUT2D eigenvalue weighted by molar-refractivity contribution is 1.02. The number of aromatic nitrogens is 3. The summed E-state index contributed by atoms with van der Waals surface area (Å²) >= 11 is 0. The third-order valence-corrected chi connectivity index (χ3v) is 2.11. The van der Waals surface area contributed by atoms with Gasteiger partial charge in [-0.3, -0.25) is 0 Å². The van der Waals surface area contributed by atoms with E-state index in [1.54, 1.807) is 0 Å². The molecule has 14 heavy (non-hydrogen) atoms. The molecule has 5 heteroatoms. The molecule has 0 aliphatic rings. The molecule has 72 valence electrons. The molecule has 2 aromatic rings. The third-order valence-electron chi connectivity index (χ3n) is 2.11. The Balaban J connectivity index is 2.60. The summed E-state index contributed by atoms with van der Waals surface area (Å²) in [5.74, 6) is 6.47. The highest BCUT2D eigenvalue weighted by atomic mass is 15.4. The van der Waals surface area contributed by atoms with Crippen molar-refractivity contribution < 1.29 is 0 Å². The van der Waals surface area contributed by atoms with Gasteiger partial charge in [-0.05, 0) is 12.5 Å². The van der Waals surface area contributed by atoms with Crippen LogP contribution in [0.3, 0.4) is 0 Å². The Kier molecular flexibility index (Phi) is 1.85. The van der Waals surface area contributed by atoms with Crippen LogP contribution in [0.15, 0.2) is 24.3 Å². The summed E-state index contributed by atoms with van der Waals surface area (Å²) in [5, 5.41) is 7.61. The lowest BCUT2D eigenvalue weighted by Crippen LogP contribution is -2.13. The minimum atomic E-state index is 0.211. The normalized spacial score (nSPS) is 10.4. The molecular formula is C9H11N5. The first-order valence-electron chi connectivity index (χ1n) is 4.22. The molecule has 2 rings (SSSR count). The van der Waals surface area contributed by atoms with Crippen LogP contribution in [0.1, 0.15) is 5.56 Å². The molecule has 0 bridgehead atoms. The molecule has 1 aromatic carbocycles. The summed E-state index contributed by atoms with van der Waals surface area (Å²) in [5.41, 5.74) is 7.53. The van der Waals surface area contributed by atoms with Crippen molar-refractivity contribution in [1.82, 2.24) is 14.9 Å². The summed E-state index contributed by atoms with van der Waals surface area (Å²) in [6, 6.07) is 7.80. The molecular weight excluding hydrogens is 178 g/mol. The summed E-state index contributed by atoms with van der Waals surface area (Å²) in [4.78, 5) is 0. The quantitative estimate of drug-likeness (QED) is 0.642. The van der Waals surface area contributed by atoms with E-state index < -0.39 is 0 Å². The maximum atomic E-state index is 5.67. The van der Waals surface area contributed by atoms with E-state index in [4.69, 9.17) is 11.6 Å². The number of benzene rings is 1. The highest BCUT2D eigenvalue weighted by Gasteiger charge is 2.10. The fourth-order valence-corrected chi connectivity index (χ4v) is 1.31. The minimum absolute atomic E-state index is 0.211. The van der Waals surface area contributed by atoms with Crippen LogP contribution < -0.4 is 11.6 Å². The molecule has 4 N–H and O–H groups in total. The summed E-state index contributed by atoms with van der Waals surface area (Å²) in [6.07, 6.45) is 0. The van der Waals surface area contributed by atoms with Gasteiger partial charge in [-0.15, -0.1) is 10.2 Å². The minimum Gasteiger partial charge on any atom is -0.366 e. The first-order chi connectivity index (χ1) is 6.70. The van der Waals surface area contributed by atoms with Gasteiger partial charge in [0.05, 0.1) is 0 Å². The maximum Gasteiger partial charge on any atom is 0.241 e. The smallest absolute Gasteiger partial charge is 0.241 e. The zero-order chi connectivity index (χ0) is 10.1. The molecule has 0 amide bonds. The average Bonchev–Trinajstić information content (AvgIpc) is 2.49. The molecule has 0 aliphatic heterocycles. The number of hydrogen-bond acceptors (Lipinski definition) is 4. The summed E-state index contributed by atoms with van der Waals surface area (Å²) in [7, 11) is 0. The average molecular weight is 189 g/mol. The second kappa shape index (κ2) is 3.02. The lowest BCUT2D eigenvalue weighted by atomic mass is 10.1. The molecule has 0 saturated heterocycles. The molecule has 5 nitrogen and oxygen atoms in total. The Bertz CT molecular complexity index is 460. The number of aryl methyl sites for hydroxylation is 1. The molecule has 0 fully saturated rings. The monoisotopic (exact) mass is 189 g/mol. The van der Waals surface area contributed by atoms with Gasteiger partial charge < -0.3 is 11.6 Å². The predicted octanol–water partition coefficient (Wildman–Crippen LogP) is 0.550. The van der Waals surface area contributed by atoms with E-state index in [0.29, 0.717) is 5.82 Å². The summed E-state index contributed by atoms with van der Waals surface area (Å²) < 4.78 is 1.28. The molecule has 0 radical (unpaired) electrons. The van der Waals surface area contributed by atoms with E-state index >= 15 is 0 Å². The Hall–Kier alpha value is -2.04. The summed E-state index contributed by atoms with van der Waals surface area (Å²) in [6.45, 7) is 1.99. The van der Waals surface area contributed by atoms with E-state index in [1.807, 2.05) is 31.2 Å². The molecule has 0 atom stereocenters. The van der Waals surface area contributed by atoms with Crippen LogP contribution in [0, 0.1) is 6.92 Å². The zero-order valence-electron chi connectivity index (χ0n) is 7.81. The van der Waals surface area contributed by atoms with E-state index in [1.165, 1.54) is 4.68 Å². The number of anilines is 1. The third kappa shape index (κ3) is 1.19. The van der Waals surface area contributed by atoms with Crippen molar-refractivity contribution in [2.45, 2.75) is 6.92 Å². The molecule has 0 spiro atoms. The fraction of sp³-hybridized carbons (Fsp3) is 0.111. The van der Waals surface area contributed by atoms with Gasteiger partial charge in [-0.25, -0.2) is 4.68 Å². The number of hydrogen-bond donors (Lipinski definition) is 2. The highest BCUT2D eigenvalue weighted by Crippen LogP contribution is 2.20. The van der Waals surface area contributed by atoms with Gasteiger partial charge in [0.15, 0.2) is 5.82 Å². The Labute approximate surface area is 81.3 Å². The molecule has 0 unspecified atom stereocenters. The van der Waals surface area contributed by atoms with Crippen molar-refractivity contribution >= 4 is 5.95 Å². The first-order valence-corrected chi connectivity index (χ1v) is 4.22. The highest BCUT2D eigenvalue weighted by molar-refractivity contribution is 5.61. The largest absolute Gasteiger partial charge is 0.366 e. The number of nitrogens with two attached hydrogens (primary N) is 2. The van der Waals surface area contributed by atoms with E-state index in [9.17, 15) is 0 Å². The second-order valence-corrected chi connectivity index (χ2v) is 3.07. The van der Waals surface area contributed by atoms with Crippen molar-refractivity contribution in [3.8, 4) is 11.4 Å². The van der Waals surface area contributed by atoms with Gasteiger partial charge >= 0.3 is 0 Å². The van der Waals surface area contributed by atoms with Crippen LogP contribution in [-0.2, 0) is 0 Å². The van der Waals surface area contributed by atoms with Crippen LogP contribution in [0.25, 0.3) is 11.4 Å². The Morgan fingerprint density at radius 3 is 2.50 bits per heavy atom. The van der Waals surface area contributed by atoms with Crippen LogP contribution in [0.2, 0.25) is 0 Å². The van der Waals surface area contributed by atoms with Crippen molar-refractivity contribution in [2.24, 2.45) is 0 Å². The topological polar surface area (TPSA) is 82.8 Å². The van der Waals surface area contributed by atoms with Crippen molar-refractivity contribution in [3.63, 3.8) is 0 Å². The van der Waals surface area contributed by atoms with E-state index in [0.717, 1.165) is 11.1 Å². The molecule has 1 heterocycles. The number of rotatable bonds is 1. The lowest BCUT2D eigenvalue weighted by Gasteiger charge is -2.03. The Morgan fingerprint density at radius 1 is 1.21 bits per heavy atom. The van der Waals surface area contributed by atoms with Gasteiger partial charge in [0.1, 0.15) is 0 Å². The standard InChI is InChI=1S/C9H11N5/c1-6-4-2-3-5-7(6)8-12-13-9(10)14(8)11/h2-5H,11H2,1H3,(H2,10,13). The van der Waals surface area contributed by atoms with Crippen LogP contribution in [0.5, 0.6) is 0 Å². The molecule has 0 aliphatic carbocycles. The van der Waals surface area contributed by atoms with Crippen molar-refractivity contribution in [2.75, 3.05) is 11.6 Å². The van der Waals surface area contributed by atoms with Crippen molar-refractivity contribution in [3.05, 3.63) is 29.8 Å². The maximum absolute atomic E-state index is 5.67. The second-order valence-electron chi connectivity index (χ2n) is 3.07. The molecule has 1 aromatic heterocycles. The number of nitrogens with zero attached hydrogens (tertiary/aromatic N) is 3. The first kappa shape index (κ1) is 8.55. The Morgan fingerprint density at radius 2 is 1.93 bits per heavy atom. The van der Waals surface area contributed by atoms with Gasteiger partial charge in [-0.1, -0.05) is 24.3 Å². The predicted molar refractivity (Wildman–Crippen MR) is 54.8 cm³/mol. The van der Waals surface area contributed by atoms with Crippen LogP contribution in [0.4, 0.5) is 5.95 Å². The number of nitrogen functional groups attached to an aromatic ring is 2. The van der Waals surface area contributed by atoms with Gasteiger partial charge in [0.25, 0.3) is 0 Å². The SMILES string of the molecule is Cc1ccccc1-c1nnc(N)n1N.